The molecule has 2 amide bonds. The number of nitrogens with zero attached hydrogens (tertiary/aromatic N) is 3. The van der Waals surface area contributed by atoms with Crippen LogP contribution in [0.5, 0.6) is 0 Å². The quantitative estimate of drug-likeness (QED) is 0.403. The summed E-state index contributed by atoms with van der Waals surface area (Å²) >= 11 is 0. The fourth-order valence-electron chi connectivity index (χ4n) is 3.65. The van der Waals surface area contributed by atoms with Crippen LogP contribution >= 0.6 is 0 Å². The molecule has 2 saturated heterocycles. The van der Waals surface area contributed by atoms with Crippen LogP contribution in [0.25, 0.3) is 6.08 Å². The number of hydroxylamine groups is 1. The SMILES string of the molecule is O=C(C=Cc1ccc(N(C(=O)O)[C@@H]2CCN(C3CCOCC3)C2)nc1)NO. The number of carbonyl (C=O) groups is 2. The summed E-state index contributed by atoms with van der Waals surface area (Å²) in [6.07, 6.45) is 5.86. The number of ether oxygens (including phenoxy) is 1. The van der Waals surface area contributed by atoms with Gasteiger partial charge in [0, 0.05) is 44.6 Å². The molecule has 2 aliphatic rings. The standard InChI is InChI=1S/C18H24N4O5/c23-17(20-26)4-2-13-1-3-16(19-11-13)22(18(24)25)15-5-8-21(12-15)14-6-9-27-10-7-14/h1-4,11,14-15,26H,5-10,12H2,(H,20,23)(H,24,25)/t15-/m1/s1. The van der Waals surface area contributed by atoms with Gasteiger partial charge in [0.25, 0.3) is 5.91 Å². The lowest BCUT2D eigenvalue weighted by atomic mass is 10.1. The van der Waals surface area contributed by atoms with E-state index in [4.69, 9.17) is 9.94 Å². The van der Waals surface area contributed by atoms with E-state index < -0.39 is 12.0 Å². The summed E-state index contributed by atoms with van der Waals surface area (Å²) in [6, 6.07) is 3.63. The number of aromatic nitrogens is 1. The van der Waals surface area contributed by atoms with E-state index in [1.54, 1.807) is 12.1 Å². The van der Waals surface area contributed by atoms with Crippen LogP contribution in [-0.4, -0.2) is 70.6 Å². The van der Waals surface area contributed by atoms with E-state index in [0.29, 0.717) is 24.0 Å². The molecule has 0 aromatic carbocycles. The van der Waals surface area contributed by atoms with E-state index >= 15 is 0 Å². The highest BCUT2D eigenvalue weighted by Gasteiger charge is 2.35. The number of amides is 2. The van der Waals surface area contributed by atoms with Gasteiger partial charge in [-0.15, -0.1) is 0 Å². The topological polar surface area (TPSA) is 115 Å². The minimum atomic E-state index is -1.02. The summed E-state index contributed by atoms with van der Waals surface area (Å²) in [4.78, 5) is 30.8. The summed E-state index contributed by atoms with van der Waals surface area (Å²) < 4.78 is 5.41. The molecule has 2 aliphatic heterocycles. The molecule has 2 fully saturated rings. The first-order chi connectivity index (χ1) is 13.1. The molecule has 3 rings (SSSR count). The highest BCUT2D eigenvalue weighted by atomic mass is 16.5. The van der Waals surface area contributed by atoms with Gasteiger partial charge in [0.15, 0.2) is 0 Å². The zero-order valence-electron chi connectivity index (χ0n) is 15.0. The first kappa shape index (κ1) is 19.3. The van der Waals surface area contributed by atoms with Gasteiger partial charge in [-0.3, -0.25) is 19.8 Å². The number of pyridine rings is 1. The Morgan fingerprint density at radius 2 is 2.07 bits per heavy atom. The molecule has 1 aromatic heterocycles. The van der Waals surface area contributed by atoms with Crippen LogP contribution in [0, 0.1) is 0 Å². The van der Waals surface area contributed by atoms with Crippen molar-refractivity contribution < 1.29 is 24.6 Å². The van der Waals surface area contributed by atoms with E-state index in [1.807, 2.05) is 0 Å². The van der Waals surface area contributed by atoms with Gasteiger partial charge in [0.1, 0.15) is 5.82 Å². The second-order valence-electron chi connectivity index (χ2n) is 6.69. The molecule has 9 heteroatoms. The van der Waals surface area contributed by atoms with Crippen molar-refractivity contribution in [3.05, 3.63) is 30.0 Å². The van der Waals surface area contributed by atoms with Gasteiger partial charge >= 0.3 is 6.09 Å². The number of carboxylic acid groups (broad SMARTS) is 1. The van der Waals surface area contributed by atoms with Crippen molar-refractivity contribution in [2.24, 2.45) is 0 Å². The Morgan fingerprint density at radius 1 is 1.30 bits per heavy atom. The van der Waals surface area contributed by atoms with Crippen molar-refractivity contribution in [2.75, 3.05) is 31.2 Å². The Hall–Kier alpha value is -2.49. The zero-order valence-corrected chi connectivity index (χ0v) is 15.0. The third kappa shape index (κ3) is 4.82. The van der Waals surface area contributed by atoms with Crippen molar-refractivity contribution in [2.45, 2.75) is 31.3 Å². The van der Waals surface area contributed by atoms with Gasteiger partial charge in [-0.1, -0.05) is 0 Å². The molecule has 9 nitrogen and oxygen atoms in total. The second-order valence-corrected chi connectivity index (χ2v) is 6.69. The van der Waals surface area contributed by atoms with Crippen molar-refractivity contribution >= 4 is 23.9 Å². The van der Waals surface area contributed by atoms with Gasteiger partial charge in [0.05, 0.1) is 6.04 Å². The largest absolute Gasteiger partial charge is 0.465 e. The summed E-state index contributed by atoms with van der Waals surface area (Å²) in [5.41, 5.74) is 2.13. The average molecular weight is 376 g/mol. The molecular formula is C18H24N4O5. The maximum Gasteiger partial charge on any atom is 0.413 e. The Morgan fingerprint density at radius 3 is 2.70 bits per heavy atom. The molecule has 3 heterocycles. The molecule has 3 N–H and O–H groups in total. The minimum absolute atomic E-state index is 0.139. The highest BCUT2D eigenvalue weighted by Crippen LogP contribution is 2.26. The number of hydrogen-bond donors (Lipinski definition) is 3. The van der Waals surface area contributed by atoms with Gasteiger partial charge in [-0.2, -0.15) is 0 Å². The molecule has 27 heavy (non-hydrogen) atoms. The van der Waals surface area contributed by atoms with E-state index in [-0.39, 0.29) is 6.04 Å². The number of anilines is 1. The Balaban J connectivity index is 1.67. The molecule has 0 saturated carbocycles. The second kappa shape index (κ2) is 8.94. The van der Waals surface area contributed by atoms with E-state index in [1.165, 1.54) is 22.7 Å². The molecule has 0 radical (unpaired) electrons. The lowest BCUT2D eigenvalue weighted by Crippen LogP contribution is -2.44. The van der Waals surface area contributed by atoms with Crippen LogP contribution in [0.15, 0.2) is 24.4 Å². The molecule has 0 bridgehead atoms. The van der Waals surface area contributed by atoms with Crippen LogP contribution in [0.2, 0.25) is 0 Å². The Kier molecular flexibility index (Phi) is 6.38. The van der Waals surface area contributed by atoms with Crippen molar-refractivity contribution in [3.8, 4) is 0 Å². The summed E-state index contributed by atoms with van der Waals surface area (Å²) in [5.74, 6) is -0.282. The zero-order chi connectivity index (χ0) is 19.2. The highest BCUT2D eigenvalue weighted by molar-refractivity contribution is 5.91. The van der Waals surface area contributed by atoms with Gasteiger partial charge in [0.2, 0.25) is 0 Å². The van der Waals surface area contributed by atoms with Gasteiger partial charge in [-0.05, 0) is 43.0 Å². The van der Waals surface area contributed by atoms with E-state index in [9.17, 15) is 14.7 Å². The minimum Gasteiger partial charge on any atom is -0.465 e. The van der Waals surface area contributed by atoms with Crippen LogP contribution in [0.4, 0.5) is 10.6 Å². The summed E-state index contributed by atoms with van der Waals surface area (Å²) in [5, 5.41) is 18.2. The molecule has 146 valence electrons. The lowest BCUT2D eigenvalue weighted by molar-refractivity contribution is -0.124. The number of likely N-dealkylation sites (tertiary alicyclic amines) is 1. The van der Waals surface area contributed by atoms with Gasteiger partial charge in [-0.25, -0.2) is 15.3 Å². The first-order valence-corrected chi connectivity index (χ1v) is 9.00. The Bertz CT molecular complexity index is 687. The van der Waals surface area contributed by atoms with Crippen LogP contribution in [0.3, 0.4) is 0 Å². The van der Waals surface area contributed by atoms with E-state index in [0.717, 1.165) is 45.1 Å². The third-order valence-corrected chi connectivity index (χ3v) is 5.03. The molecule has 1 aromatic rings. The summed E-state index contributed by atoms with van der Waals surface area (Å²) in [7, 11) is 0. The predicted molar refractivity (Wildman–Crippen MR) is 97.5 cm³/mol. The first-order valence-electron chi connectivity index (χ1n) is 9.00. The fraction of sp³-hybridized carbons (Fsp3) is 0.500. The maximum atomic E-state index is 11.9. The number of rotatable bonds is 5. The normalized spacial score (nSPS) is 21.4. The third-order valence-electron chi connectivity index (χ3n) is 5.03. The molecular weight excluding hydrogens is 352 g/mol. The molecule has 0 aliphatic carbocycles. The van der Waals surface area contributed by atoms with Crippen LogP contribution in [-0.2, 0) is 9.53 Å². The molecule has 1 atom stereocenters. The van der Waals surface area contributed by atoms with Crippen molar-refractivity contribution in [1.82, 2.24) is 15.4 Å². The maximum absolute atomic E-state index is 11.9. The Labute approximate surface area is 157 Å². The number of hydrogen-bond acceptors (Lipinski definition) is 6. The molecule has 0 spiro atoms. The molecule has 0 unspecified atom stereocenters. The van der Waals surface area contributed by atoms with Gasteiger partial charge < -0.3 is 9.84 Å². The van der Waals surface area contributed by atoms with Crippen molar-refractivity contribution in [3.63, 3.8) is 0 Å². The predicted octanol–water partition coefficient (Wildman–Crippen LogP) is 1.34. The van der Waals surface area contributed by atoms with Crippen molar-refractivity contribution in [1.29, 1.82) is 0 Å². The smallest absolute Gasteiger partial charge is 0.413 e. The lowest BCUT2D eigenvalue weighted by Gasteiger charge is -2.32. The van der Waals surface area contributed by atoms with E-state index in [2.05, 4.69) is 9.88 Å². The fourth-order valence-corrected chi connectivity index (χ4v) is 3.65. The number of nitrogens with one attached hydrogen (secondary N) is 1. The monoisotopic (exact) mass is 376 g/mol. The average Bonchev–Trinajstić information content (AvgIpc) is 3.17. The van der Waals surface area contributed by atoms with Crippen LogP contribution < -0.4 is 10.4 Å². The number of carbonyl (C=O) groups excluding carboxylic acids is 1. The van der Waals surface area contributed by atoms with Crippen LogP contribution in [0.1, 0.15) is 24.8 Å². The summed E-state index contributed by atoms with van der Waals surface area (Å²) in [6.45, 7) is 3.09.